The third kappa shape index (κ3) is 3.36. The summed E-state index contributed by atoms with van der Waals surface area (Å²) in [4.78, 5) is 4.00. The number of ether oxygens (including phenoxy) is 1. The van der Waals surface area contributed by atoms with Crippen LogP contribution in [0.4, 0.5) is 4.39 Å². The van der Waals surface area contributed by atoms with E-state index < -0.39 is 5.82 Å². The molecule has 0 saturated heterocycles. The summed E-state index contributed by atoms with van der Waals surface area (Å²) in [5.41, 5.74) is 0.282. The molecule has 0 amide bonds. The van der Waals surface area contributed by atoms with E-state index >= 15 is 0 Å². The molecule has 1 N–H and O–H groups in total. The van der Waals surface area contributed by atoms with E-state index in [9.17, 15) is 4.39 Å². The standard InChI is InChI=1S/C12H7BrCl2FNO2/c13-6-3-8(15)9(16)4-11(6)19-12-2-1-7(14)10(5-18)17-12/h1-4,18H,5H2. The number of nitrogens with zero attached hydrogens (tertiary/aromatic N) is 1. The molecule has 2 rings (SSSR count). The van der Waals surface area contributed by atoms with Crippen molar-refractivity contribution in [2.75, 3.05) is 0 Å². The van der Waals surface area contributed by atoms with E-state index in [0.717, 1.165) is 6.07 Å². The van der Waals surface area contributed by atoms with Crippen molar-refractivity contribution in [2.45, 2.75) is 6.61 Å². The molecule has 0 unspecified atom stereocenters. The highest BCUT2D eigenvalue weighted by molar-refractivity contribution is 9.10. The number of rotatable bonds is 3. The molecule has 0 aliphatic rings. The lowest BCUT2D eigenvalue weighted by molar-refractivity contribution is 0.275. The first-order chi connectivity index (χ1) is 9.01. The minimum absolute atomic E-state index is 0.0145. The molecule has 7 heteroatoms. The number of benzene rings is 1. The monoisotopic (exact) mass is 365 g/mol. The largest absolute Gasteiger partial charge is 0.438 e. The molecule has 0 atom stereocenters. The summed E-state index contributed by atoms with van der Waals surface area (Å²) in [7, 11) is 0. The molecule has 0 spiro atoms. The predicted octanol–water partition coefficient (Wildman–Crippen LogP) is 4.57. The molecule has 1 aromatic heterocycles. The Morgan fingerprint density at radius 3 is 2.68 bits per heavy atom. The van der Waals surface area contributed by atoms with Gasteiger partial charge in [0, 0.05) is 12.1 Å². The summed E-state index contributed by atoms with van der Waals surface area (Å²) in [5.74, 6) is -0.187. The molecule has 0 aliphatic carbocycles. The highest BCUT2D eigenvalue weighted by atomic mass is 79.9. The predicted molar refractivity (Wildman–Crippen MR) is 74.4 cm³/mol. The average Bonchev–Trinajstić information content (AvgIpc) is 2.38. The molecule has 1 heterocycles. The summed E-state index contributed by atoms with van der Waals surface area (Å²) in [5, 5.41) is 9.37. The number of aliphatic hydroxyl groups excluding tert-OH is 1. The lowest BCUT2D eigenvalue weighted by Crippen LogP contribution is -1.95. The number of hydrogen-bond acceptors (Lipinski definition) is 3. The smallest absolute Gasteiger partial charge is 0.219 e. The maximum absolute atomic E-state index is 13.4. The third-order valence-electron chi connectivity index (χ3n) is 2.23. The first-order valence-corrected chi connectivity index (χ1v) is 6.65. The van der Waals surface area contributed by atoms with Gasteiger partial charge in [-0.2, -0.15) is 0 Å². The van der Waals surface area contributed by atoms with Crippen LogP contribution in [-0.4, -0.2) is 10.1 Å². The van der Waals surface area contributed by atoms with Crippen LogP contribution in [0.3, 0.4) is 0 Å². The zero-order valence-electron chi connectivity index (χ0n) is 9.33. The normalized spacial score (nSPS) is 10.6. The minimum atomic E-state index is -0.601. The van der Waals surface area contributed by atoms with Gasteiger partial charge in [-0.05, 0) is 28.1 Å². The molecule has 0 fully saturated rings. The second-order valence-electron chi connectivity index (χ2n) is 3.53. The van der Waals surface area contributed by atoms with E-state index in [2.05, 4.69) is 20.9 Å². The molecule has 0 radical (unpaired) electrons. The molecule has 100 valence electrons. The van der Waals surface area contributed by atoms with Crippen molar-refractivity contribution < 1.29 is 14.2 Å². The molecule has 19 heavy (non-hydrogen) atoms. The first-order valence-electron chi connectivity index (χ1n) is 5.10. The molecule has 2 aromatic rings. The van der Waals surface area contributed by atoms with Gasteiger partial charge < -0.3 is 9.84 Å². The summed E-state index contributed by atoms with van der Waals surface area (Å²) in [6.45, 7) is -0.313. The van der Waals surface area contributed by atoms with Crippen molar-refractivity contribution >= 4 is 39.1 Å². The fourth-order valence-corrected chi connectivity index (χ4v) is 2.21. The number of pyridine rings is 1. The lowest BCUT2D eigenvalue weighted by atomic mass is 10.3. The van der Waals surface area contributed by atoms with Crippen molar-refractivity contribution in [1.82, 2.24) is 4.98 Å². The Kier molecular flexibility index (Phi) is 4.62. The van der Waals surface area contributed by atoms with Crippen LogP contribution in [0.25, 0.3) is 0 Å². The number of hydrogen-bond donors (Lipinski definition) is 1. The molecule has 0 aliphatic heterocycles. The van der Waals surface area contributed by atoms with Gasteiger partial charge in [-0.15, -0.1) is 0 Å². The van der Waals surface area contributed by atoms with Crippen molar-refractivity contribution in [3.8, 4) is 11.6 Å². The Morgan fingerprint density at radius 1 is 1.26 bits per heavy atom. The number of halogens is 4. The fourth-order valence-electron chi connectivity index (χ4n) is 1.33. The van der Waals surface area contributed by atoms with Gasteiger partial charge in [-0.1, -0.05) is 23.2 Å². The van der Waals surface area contributed by atoms with Crippen LogP contribution in [-0.2, 0) is 6.61 Å². The second-order valence-corrected chi connectivity index (χ2v) is 5.20. The maximum Gasteiger partial charge on any atom is 0.219 e. The van der Waals surface area contributed by atoms with Crippen molar-refractivity contribution in [1.29, 1.82) is 0 Å². The van der Waals surface area contributed by atoms with Crippen LogP contribution >= 0.6 is 39.1 Å². The highest BCUT2D eigenvalue weighted by Crippen LogP contribution is 2.33. The van der Waals surface area contributed by atoms with Gasteiger partial charge in [0.15, 0.2) is 0 Å². The summed E-state index contributed by atoms with van der Waals surface area (Å²) in [6, 6.07) is 5.58. The second kappa shape index (κ2) is 6.05. The Balaban J connectivity index is 2.33. The van der Waals surface area contributed by atoms with E-state index in [1.807, 2.05) is 0 Å². The maximum atomic E-state index is 13.4. The van der Waals surface area contributed by atoms with Gasteiger partial charge in [0.05, 0.1) is 26.8 Å². The van der Waals surface area contributed by atoms with E-state index in [0.29, 0.717) is 9.50 Å². The molecule has 3 nitrogen and oxygen atoms in total. The number of aliphatic hydroxyl groups is 1. The summed E-state index contributed by atoms with van der Waals surface area (Å²) in [6.07, 6.45) is 0. The van der Waals surface area contributed by atoms with Gasteiger partial charge in [0.1, 0.15) is 11.6 Å². The minimum Gasteiger partial charge on any atom is -0.438 e. The van der Waals surface area contributed by atoms with Gasteiger partial charge in [-0.3, -0.25) is 0 Å². The van der Waals surface area contributed by atoms with Crippen LogP contribution in [0.5, 0.6) is 11.6 Å². The topological polar surface area (TPSA) is 42.4 Å². The van der Waals surface area contributed by atoms with Gasteiger partial charge in [-0.25, -0.2) is 9.37 Å². The lowest BCUT2D eigenvalue weighted by Gasteiger charge is -2.09. The Bertz CT molecular complexity index is 625. The van der Waals surface area contributed by atoms with E-state index in [1.165, 1.54) is 18.2 Å². The SMILES string of the molecule is OCc1nc(Oc2cc(F)c(Cl)cc2Br)ccc1Cl. The van der Waals surface area contributed by atoms with Gasteiger partial charge >= 0.3 is 0 Å². The van der Waals surface area contributed by atoms with Crippen LogP contribution < -0.4 is 4.74 Å². The van der Waals surface area contributed by atoms with Crippen LogP contribution in [0, 0.1) is 5.82 Å². The molecule has 0 bridgehead atoms. The summed E-state index contributed by atoms with van der Waals surface area (Å²) >= 11 is 14.7. The van der Waals surface area contributed by atoms with E-state index in [1.54, 1.807) is 0 Å². The van der Waals surface area contributed by atoms with E-state index in [-0.39, 0.29) is 29.0 Å². The highest BCUT2D eigenvalue weighted by Gasteiger charge is 2.10. The van der Waals surface area contributed by atoms with Crippen LogP contribution in [0.2, 0.25) is 10.0 Å². The number of aromatic nitrogens is 1. The average molecular weight is 367 g/mol. The van der Waals surface area contributed by atoms with Crippen molar-refractivity contribution in [3.05, 3.63) is 50.3 Å². The zero-order chi connectivity index (χ0) is 14.0. The fraction of sp³-hybridized carbons (Fsp3) is 0.0833. The molecule has 0 saturated carbocycles. The Hall–Kier alpha value is -0.880. The van der Waals surface area contributed by atoms with E-state index in [4.69, 9.17) is 33.0 Å². The molecule has 1 aromatic carbocycles. The van der Waals surface area contributed by atoms with Crippen LogP contribution in [0.15, 0.2) is 28.7 Å². The molecular weight excluding hydrogens is 360 g/mol. The van der Waals surface area contributed by atoms with Crippen molar-refractivity contribution in [3.63, 3.8) is 0 Å². The van der Waals surface area contributed by atoms with Crippen molar-refractivity contribution in [2.24, 2.45) is 0 Å². The van der Waals surface area contributed by atoms with Crippen LogP contribution in [0.1, 0.15) is 5.69 Å². The molecular formula is C12H7BrCl2FNO2. The first kappa shape index (κ1) is 14.5. The third-order valence-corrected chi connectivity index (χ3v) is 3.49. The van der Waals surface area contributed by atoms with Gasteiger partial charge in [0.2, 0.25) is 5.88 Å². The Morgan fingerprint density at radius 2 is 2.00 bits per heavy atom. The summed E-state index contributed by atoms with van der Waals surface area (Å²) < 4.78 is 19.3. The zero-order valence-corrected chi connectivity index (χ0v) is 12.4. The quantitative estimate of drug-likeness (QED) is 0.808. The van der Waals surface area contributed by atoms with Gasteiger partial charge in [0.25, 0.3) is 0 Å². The Labute approximate surface area is 127 Å².